The number of benzene rings is 4. The summed E-state index contributed by atoms with van der Waals surface area (Å²) >= 11 is 0.401. The number of nitro groups is 3. The third-order valence-corrected chi connectivity index (χ3v) is 7.43. The number of carbonyl (C=O) groups is 2. The van der Waals surface area contributed by atoms with Crippen molar-refractivity contribution < 1.29 is 38.9 Å². The first-order valence-electron chi connectivity index (χ1n) is 12.6. The molecular weight excluding hydrogens is 598 g/mol. The van der Waals surface area contributed by atoms with Crippen molar-refractivity contribution in [3.63, 3.8) is 0 Å². The monoisotopic (exact) mass is 619 g/mol. The molecule has 0 unspecified atom stereocenters. The molecule has 44 heavy (non-hydrogen) atoms. The van der Waals surface area contributed by atoms with E-state index in [2.05, 4.69) is 0 Å². The number of nitro benzene ring substituents is 3. The van der Waals surface area contributed by atoms with Crippen LogP contribution in [0.25, 0.3) is 0 Å². The highest BCUT2D eigenvalue weighted by Gasteiger charge is 2.40. The molecule has 4 aromatic carbocycles. The second kappa shape index (κ2) is 13.4. The Morgan fingerprint density at radius 1 is 0.773 bits per heavy atom. The van der Waals surface area contributed by atoms with Gasteiger partial charge in [-0.3, -0.25) is 30.3 Å². The van der Waals surface area contributed by atoms with Gasteiger partial charge < -0.3 is 14.6 Å². The van der Waals surface area contributed by atoms with Gasteiger partial charge in [0.15, 0.2) is 5.75 Å². The molecule has 0 aliphatic heterocycles. The van der Waals surface area contributed by atoms with Gasteiger partial charge in [-0.05, 0) is 29.7 Å². The van der Waals surface area contributed by atoms with Crippen molar-refractivity contribution in [1.82, 2.24) is 0 Å². The molecule has 0 atom stereocenters. The maximum atomic E-state index is 13.4. The van der Waals surface area contributed by atoms with E-state index >= 15 is 0 Å². The van der Waals surface area contributed by atoms with Gasteiger partial charge in [0.05, 0.1) is 24.6 Å². The van der Waals surface area contributed by atoms with Crippen LogP contribution in [0.2, 0.25) is 0 Å². The summed E-state index contributed by atoms with van der Waals surface area (Å²) in [6.45, 7) is 0.798. The summed E-state index contributed by atoms with van der Waals surface area (Å²) in [6.07, 6.45) is 0. The normalized spacial score (nSPS) is 10.6. The average Bonchev–Trinajstić information content (AvgIpc) is 2.99. The van der Waals surface area contributed by atoms with Crippen LogP contribution < -0.4 is 4.74 Å². The van der Waals surface area contributed by atoms with E-state index < -0.39 is 65.5 Å². The van der Waals surface area contributed by atoms with E-state index in [9.17, 15) is 45.0 Å². The van der Waals surface area contributed by atoms with E-state index in [4.69, 9.17) is 9.47 Å². The molecule has 0 fully saturated rings. The topological polar surface area (TPSA) is 202 Å². The molecule has 4 rings (SSSR count). The highest BCUT2D eigenvalue weighted by Crippen LogP contribution is 2.49. The Bertz CT molecular complexity index is 1780. The van der Waals surface area contributed by atoms with E-state index in [1.54, 1.807) is 60.7 Å². The largest absolute Gasteiger partial charge is 0.482 e. The quantitative estimate of drug-likeness (QED) is 0.102. The maximum absolute atomic E-state index is 13.4. The van der Waals surface area contributed by atoms with Gasteiger partial charge in [0.1, 0.15) is 18.8 Å². The van der Waals surface area contributed by atoms with Crippen LogP contribution in [-0.2, 0) is 18.0 Å². The Balaban J connectivity index is 1.95. The molecule has 0 spiro atoms. The Labute approximate surface area is 252 Å². The molecule has 0 saturated carbocycles. The van der Waals surface area contributed by atoms with Gasteiger partial charge in [-0.1, -0.05) is 78.5 Å². The van der Waals surface area contributed by atoms with E-state index in [1.807, 2.05) is 0 Å². The fourth-order valence-corrected chi connectivity index (χ4v) is 5.32. The van der Waals surface area contributed by atoms with Crippen LogP contribution in [0.3, 0.4) is 0 Å². The molecule has 0 aliphatic rings. The van der Waals surface area contributed by atoms with E-state index in [1.165, 1.54) is 13.0 Å². The summed E-state index contributed by atoms with van der Waals surface area (Å²) in [5.74, 6) is -3.58. The molecule has 1 N–H and O–H groups in total. The third kappa shape index (κ3) is 6.79. The molecule has 0 bridgehead atoms. The Hall–Kier alpha value is -5.83. The first-order valence-corrected chi connectivity index (χ1v) is 13.4. The molecule has 0 saturated heterocycles. The number of nitrogens with zero attached hydrogens (tertiary/aromatic N) is 3. The molecule has 0 aromatic heterocycles. The van der Waals surface area contributed by atoms with Crippen LogP contribution in [0.4, 0.5) is 17.1 Å². The predicted octanol–water partition coefficient (Wildman–Crippen LogP) is 6.51. The first-order chi connectivity index (χ1) is 21.0. The van der Waals surface area contributed by atoms with E-state index in [-0.39, 0.29) is 23.7 Å². The van der Waals surface area contributed by atoms with Crippen molar-refractivity contribution >= 4 is 40.8 Å². The van der Waals surface area contributed by atoms with E-state index in [0.29, 0.717) is 22.9 Å². The van der Waals surface area contributed by atoms with Gasteiger partial charge in [-0.25, -0.2) is 9.59 Å². The lowest BCUT2D eigenvalue weighted by molar-refractivity contribution is -0.397. The highest BCUT2D eigenvalue weighted by molar-refractivity contribution is 7.99. The molecule has 224 valence electrons. The minimum Gasteiger partial charge on any atom is -0.482 e. The zero-order valence-corrected chi connectivity index (χ0v) is 23.5. The summed E-state index contributed by atoms with van der Waals surface area (Å²) in [5.41, 5.74) is -3.44. The number of carboxylic acids is 1. The number of aryl methyl sites for hydroxylation is 1. The number of carboxylic acid groups (broad SMARTS) is 1. The minimum atomic E-state index is -1.62. The lowest BCUT2D eigenvalue weighted by atomic mass is 10.1. The van der Waals surface area contributed by atoms with Crippen molar-refractivity contribution in [2.24, 2.45) is 0 Å². The van der Waals surface area contributed by atoms with Crippen molar-refractivity contribution in [2.45, 2.75) is 29.9 Å². The third-order valence-electron chi connectivity index (χ3n) is 6.18. The maximum Gasteiger partial charge on any atom is 0.352 e. The number of ether oxygens (including phenoxy) is 2. The molecule has 0 amide bonds. The summed E-state index contributed by atoms with van der Waals surface area (Å²) in [4.78, 5) is 58.2. The van der Waals surface area contributed by atoms with Crippen molar-refractivity contribution in [2.75, 3.05) is 0 Å². The Morgan fingerprint density at radius 3 is 1.84 bits per heavy atom. The van der Waals surface area contributed by atoms with Gasteiger partial charge in [0, 0.05) is 6.07 Å². The first kappa shape index (κ1) is 31.1. The molecule has 15 heteroatoms. The minimum absolute atomic E-state index is 0.180. The number of carbonyl (C=O) groups excluding carboxylic acids is 1. The Kier molecular flexibility index (Phi) is 9.50. The second-order valence-electron chi connectivity index (χ2n) is 9.07. The summed E-state index contributed by atoms with van der Waals surface area (Å²) in [5, 5.41) is 46.3. The number of hydrogen-bond donors (Lipinski definition) is 1. The molecular formula is C29H21N3O11S. The van der Waals surface area contributed by atoms with Crippen molar-refractivity contribution in [3.05, 3.63) is 137 Å². The molecule has 0 aliphatic carbocycles. The molecule has 0 radical (unpaired) electrons. The van der Waals surface area contributed by atoms with Gasteiger partial charge in [-0.15, -0.1) is 0 Å². The molecule has 14 nitrogen and oxygen atoms in total. The smallest absolute Gasteiger partial charge is 0.352 e. The van der Waals surface area contributed by atoms with Crippen LogP contribution in [0.5, 0.6) is 5.75 Å². The summed E-state index contributed by atoms with van der Waals surface area (Å²) < 4.78 is 11.0. The van der Waals surface area contributed by atoms with Crippen LogP contribution >= 0.6 is 11.8 Å². The summed E-state index contributed by atoms with van der Waals surface area (Å²) in [6, 6.07) is 19.9. The van der Waals surface area contributed by atoms with Crippen LogP contribution in [0.15, 0.2) is 88.7 Å². The van der Waals surface area contributed by atoms with Crippen molar-refractivity contribution in [1.29, 1.82) is 0 Å². The zero-order valence-electron chi connectivity index (χ0n) is 22.7. The van der Waals surface area contributed by atoms with Gasteiger partial charge in [-0.2, -0.15) is 0 Å². The zero-order chi connectivity index (χ0) is 32.0. The molecule has 4 aromatic rings. The second-order valence-corrected chi connectivity index (χ2v) is 10.1. The number of aromatic carboxylic acids is 1. The average molecular weight is 620 g/mol. The number of hydrogen-bond acceptors (Lipinski definition) is 11. The van der Waals surface area contributed by atoms with Crippen LogP contribution in [-0.4, -0.2) is 31.8 Å². The number of rotatable bonds is 12. The van der Waals surface area contributed by atoms with Crippen molar-refractivity contribution in [3.8, 4) is 5.75 Å². The SMILES string of the molecule is Cc1ccc(C(=O)O)c([N+](=O)[O-])c1Sc1cc(OCc2ccccc2)c([N+](=O)[O-])c(C(=O)OCc2ccccc2)c1[N+](=O)[O-]. The number of esters is 1. The standard InChI is InChI=1S/C29H21N3O11S/c1-17-12-13-20(28(33)34)24(30(36)37)27(17)44-22-14-21(42-15-18-8-4-2-5-9-18)25(31(38)39)23(26(22)32(40)41)29(35)43-16-19-10-6-3-7-11-19/h2-14H,15-16H2,1H3,(H,33,34). The van der Waals surface area contributed by atoms with Gasteiger partial charge >= 0.3 is 23.3 Å². The molecule has 0 heterocycles. The summed E-state index contributed by atoms with van der Waals surface area (Å²) in [7, 11) is 0. The highest BCUT2D eigenvalue weighted by atomic mass is 32.2. The van der Waals surface area contributed by atoms with Crippen LogP contribution in [0, 0.1) is 37.3 Å². The van der Waals surface area contributed by atoms with E-state index in [0.717, 1.165) is 12.1 Å². The lowest BCUT2D eigenvalue weighted by Crippen LogP contribution is -2.14. The lowest BCUT2D eigenvalue weighted by Gasteiger charge is -2.14. The predicted molar refractivity (Wildman–Crippen MR) is 155 cm³/mol. The van der Waals surface area contributed by atoms with Gasteiger partial charge in [0.25, 0.3) is 5.69 Å². The fourth-order valence-electron chi connectivity index (χ4n) is 4.15. The van der Waals surface area contributed by atoms with Crippen LogP contribution in [0.1, 0.15) is 37.4 Å². The Morgan fingerprint density at radius 2 is 1.32 bits per heavy atom. The fraction of sp³-hybridized carbons (Fsp3) is 0.103. The van der Waals surface area contributed by atoms with Gasteiger partial charge in [0.2, 0.25) is 5.56 Å².